The topological polar surface area (TPSA) is 38.2 Å². The quantitative estimate of drug-likeness (QED) is 0.620. The number of halogens is 1. The Morgan fingerprint density at radius 3 is 2.72 bits per heavy atom. The molecular weight excluding hydrogens is 334 g/mol. The highest BCUT2D eigenvalue weighted by molar-refractivity contribution is 6.30. The van der Waals surface area contributed by atoms with E-state index in [0.29, 0.717) is 17.4 Å². The van der Waals surface area contributed by atoms with Gasteiger partial charge in [-0.15, -0.1) is 6.58 Å². The van der Waals surface area contributed by atoms with Crippen LogP contribution < -0.4 is 9.64 Å². The molecule has 5 heteroatoms. The van der Waals surface area contributed by atoms with Crippen molar-refractivity contribution in [3.63, 3.8) is 0 Å². The van der Waals surface area contributed by atoms with Crippen LogP contribution in [-0.4, -0.2) is 31.2 Å². The highest BCUT2D eigenvalue weighted by Gasteiger charge is 2.16. The molecule has 0 amide bonds. The van der Waals surface area contributed by atoms with E-state index < -0.39 is 0 Å². The van der Waals surface area contributed by atoms with Gasteiger partial charge in [-0.3, -0.25) is 0 Å². The number of allylic oxidation sites excluding steroid dienone is 1. The Morgan fingerprint density at radius 2 is 2.08 bits per heavy atom. The molecule has 0 N–H and O–H groups in total. The van der Waals surface area contributed by atoms with E-state index in [1.807, 2.05) is 55.5 Å². The van der Waals surface area contributed by atoms with Gasteiger partial charge in [0.05, 0.1) is 7.11 Å². The Balaban J connectivity index is 2.38. The molecule has 128 valence electrons. The van der Waals surface area contributed by atoms with Gasteiger partial charge in [0.2, 0.25) is 5.95 Å². The van der Waals surface area contributed by atoms with E-state index in [1.54, 1.807) is 7.11 Å². The van der Waals surface area contributed by atoms with E-state index >= 15 is 0 Å². The van der Waals surface area contributed by atoms with Crippen molar-refractivity contribution in [3.05, 3.63) is 59.8 Å². The Labute approximate surface area is 152 Å². The zero-order chi connectivity index (χ0) is 18.0. The van der Waals surface area contributed by atoms with Gasteiger partial charge >= 0.3 is 0 Å². The Hall–Kier alpha value is -2.59. The second-order valence-corrected chi connectivity index (χ2v) is 6.38. The maximum Gasteiger partial charge on any atom is 0.225 e. The summed E-state index contributed by atoms with van der Waals surface area (Å²) in [4.78, 5) is 11.1. The van der Waals surface area contributed by atoms with Gasteiger partial charge in [0.15, 0.2) is 0 Å². The third kappa shape index (κ3) is 3.30. The second kappa shape index (κ2) is 7.11. The largest absolute Gasteiger partial charge is 0.494 e. The highest BCUT2D eigenvalue weighted by atomic mass is 35.5. The molecule has 4 nitrogen and oxygen atoms in total. The predicted octanol–water partition coefficient (Wildman–Crippen LogP) is 4.75. The van der Waals surface area contributed by atoms with Crippen LogP contribution >= 0.6 is 11.6 Å². The van der Waals surface area contributed by atoms with Crippen LogP contribution in [0.3, 0.4) is 0 Å². The summed E-state index contributed by atoms with van der Waals surface area (Å²) >= 11 is 6.19. The molecule has 3 rings (SSSR count). The number of fused-ring (bicyclic) bond motifs is 1. The Bertz CT molecular complexity index is 938. The van der Waals surface area contributed by atoms with E-state index in [9.17, 15) is 0 Å². The smallest absolute Gasteiger partial charge is 0.225 e. The Kier molecular flexibility index (Phi) is 4.91. The summed E-state index contributed by atoms with van der Waals surface area (Å²) < 4.78 is 5.68. The molecule has 25 heavy (non-hydrogen) atoms. The van der Waals surface area contributed by atoms with Crippen molar-refractivity contribution in [1.82, 2.24) is 9.97 Å². The first-order chi connectivity index (χ1) is 12.0. The molecule has 0 radical (unpaired) electrons. The van der Waals surface area contributed by atoms with E-state index in [4.69, 9.17) is 21.3 Å². The van der Waals surface area contributed by atoms with E-state index in [1.165, 1.54) is 0 Å². The SMILES string of the molecule is C=CCc1cc(-c2cccc(Cl)c2)c2cnc(N(C)C)nc2c1OC. The maximum absolute atomic E-state index is 6.19. The monoisotopic (exact) mass is 353 g/mol. The lowest BCUT2D eigenvalue weighted by Gasteiger charge is -2.17. The molecule has 0 aliphatic heterocycles. The summed E-state index contributed by atoms with van der Waals surface area (Å²) in [5, 5.41) is 1.62. The maximum atomic E-state index is 6.19. The standard InChI is InChI=1S/C20H20ClN3O/c1-5-7-14-11-16(13-8-6-9-15(21)10-13)17-12-22-20(24(2)3)23-18(17)19(14)25-4/h5-6,8-12H,1,7H2,2-4H3. The predicted molar refractivity (Wildman–Crippen MR) is 105 cm³/mol. The molecule has 0 fully saturated rings. The highest BCUT2D eigenvalue weighted by Crippen LogP contribution is 2.38. The summed E-state index contributed by atoms with van der Waals surface area (Å²) in [7, 11) is 5.50. The molecule has 0 spiro atoms. The van der Waals surface area contributed by atoms with Crippen LogP contribution in [0, 0.1) is 0 Å². The molecule has 1 aromatic heterocycles. The average Bonchev–Trinajstić information content (AvgIpc) is 2.60. The number of aromatic nitrogens is 2. The number of benzene rings is 2. The summed E-state index contributed by atoms with van der Waals surface area (Å²) in [5.74, 6) is 1.39. The van der Waals surface area contributed by atoms with Gasteiger partial charge in [0.1, 0.15) is 11.3 Å². The lowest BCUT2D eigenvalue weighted by atomic mass is 9.96. The van der Waals surface area contributed by atoms with Gasteiger partial charge in [-0.1, -0.05) is 29.8 Å². The summed E-state index contributed by atoms with van der Waals surface area (Å²) in [5.41, 5.74) is 3.87. The first kappa shape index (κ1) is 17.2. The van der Waals surface area contributed by atoms with E-state index in [0.717, 1.165) is 33.3 Å². The molecule has 0 saturated carbocycles. The molecule has 3 aromatic rings. The number of methoxy groups -OCH3 is 1. The van der Waals surface area contributed by atoms with E-state index in [2.05, 4.69) is 17.6 Å². The van der Waals surface area contributed by atoms with Gasteiger partial charge in [0, 0.05) is 36.3 Å². The zero-order valence-corrected chi connectivity index (χ0v) is 15.3. The first-order valence-electron chi connectivity index (χ1n) is 7.96. The number of hydrogen-bond acceptors (Lipinski definition) is 4. The Morgan fingerprint density at radius 1 is 1.28 bits per heavy atom. The summed E-state index contributed by atoms with van der Waals surface area (Å²) in [6.07, 6.45) is 4.39. The number of ether oxygens (including phenoxy) is 1. The van der Waals surface area contributed by atoms with Gasteiger partial charge in [-0.05, 0) is 35.7 Å². The molecule has 0 bridgehead atoms. The molecule has 0 saturated heterocycles. The van der Waals surface area contributed by atoms with Crippen molar-refractivity contribution < 1.29 is 4.74 Å². The zero-order valence-electron chi connectivity index (χ0n) is 14.6. The lowest BCUT2D eigenvalue weighted by Crippen LogP contribution is -2.12. The lowest BCUT2D eigenvalue weighted by molar-refractivity contribution is 0.415. The fourth-order valence-corrected chi connectivity index (χ4v) is 3.05. The number of hydrogen-bond donors (Lipinski definition) is 0. The third-order valence-corrected chi connectivity index (χ3v) is 4.23. The molecule has 2 aromatic carbocycles. The molecule has 0 aliphatic rings. The molecule has 1 heterocycles. The van der Waals surface area contributed by atoms with Gasteiger partial charge < -0.3 is 9.64 Å². The van der Waals surface area contributed by atoms with Crippen LogP contribution in [-0.2, 0) is 6.42 Å². The number of anilines is 1. The van der Waals surface area contributed by atoms with Crippen LogP contribution in [0.2, 0.25) is 5.02 Å². The number of nitrogens with zero attached hydrogens (tertiary/aromatic N) is 3. The fourth-order valence-electron chi connectivity index (χ4n) is 2.86. The van der Waals surface area contributed by atoms with Crippen molar-refractivity contribution in [1.29, 1.82) is 0 Å². The summed E-state index contributed by atoms with van der Waals surface area (Å²) in [6.45, 7) is 3.86. The van der Waals surface area contributed by atoms with Crippen LogP contribution in [0.5, 0.6) is 5.75 Å². The van der Waals surface area contributed by atoms with Crippen molar-refractivity contribution in [2.24, 2.45) is 0 Å². The van der Waals surface area contributed by atoms with Crippen molar-refractivity contribution in [2.75, 3.05) is 26.1 Å². The van der Waals surface area contributed by atoms with Crippen molar-refractivity contribution in [2.45, 2.75) is 6.42 Å². The molecular formula is C20H20ClN3O. The van der Waals surface area contributed by atoms with Crippen molar-refractivity contribution in [3.8, 4) is 16.9 Å². The van der Waals surface area contributed by atoms with Gasteiger partial charge in [-0.2, -0.15) is 0 Å². The van der Waals surface area contributed by atoms with E-state index in [-0.39, 0.29) is 0 Å². The minimum Gasteiger partial charge on any atom is -0.494 e. The minimum absolute atomic E-state index is 0.638. The van der Waals surface area contributed by atoms with Crippen LogP contribution in [0.25, 0.3) is 22.0 Å². The molecule has 0 aliphatic carbocycles. The fraction of sp³-hybridized carbons (Fsp3) is 0.200. The molecule has 0 atom stereocenters. The molecule has 0 unspecified atom stereocenters. The van der Waals surface area contributed by atoms with Gasteiger partial charge in [0.25, 0.3) is 0 Å². The third-order valence-electron chi connectivity index (χ3n) is 4.00. The van der Waals surface area contributed by atoms with Gasteiger partial charge in [-0.25, -0.2) is 9.97 Å². The van der Waals surface area contributed by atoms with Crippen LogP contribution in [0.15, 0.2) is 49.2 Å². The van der Waals surface area contributed by atoms with Crippen molar-refractivity contribution >= 4 is 28.5 Å². The second-order valence-electron chi connectivity index (χ2n) is 5.95. The van der Waals surface area contributed by atoms with Crippen LogP contribution in [0.4, 0.5) is 5.95 Å². The summed E-state index contributed by atoms with van der Waals surface area (Å²) in [6, 6.07) is 9.89. The average molecular weight is 354 g/mol. The first-order valence-corrected chi connectivity index (χ1v) is 8.33. The number of rotatable bonds is 5. The minimum atomic E-state index is 0.638. The van der Waals surface area contributed by atoms with Crippen LogP contribution in [0.1, 0.15) is 5.56 Å². The normalized spacial score (nSPS) is 10.7.